The third-order valence-electron chi connectivity index (χ3n) is 3.34. The fraction of sp³-hybridized carbons (Fsp3) is 0.533. The number of carbonyl (C=O) groups is 1. The van der Waals surface area contributed by atoms with Gasteiger partial charge in [0, 0.05) is 18.7 Å². The summed E-state index contributed by atoms with van der Waals surface area (Å²) in [6.45, 7) is 9.57. The van der Waals surface area contributed by atoms with Crippen LogP contribution in [0.4, 0.5) is 0 Å². The molecule has 1 atom stereocenters. The second-order valence-electron chi connectivity index (χ2n) is 4.86. The van der Waals surface area contributed by atoms with Gasteiger partial charge in [-0.1, -0.05) is 20.3 Å². The quantitative estimate of drug-likeness (QED) is 0.870. The molecule has 0 heterocycles. The van der Waals surface area contributed by atoms with Gasteiger partial charge in [0.25, 0.3) is 5.91 Å². The zero-order valence-electron chi connectivity index (χ0n) is 11.7. The highest BCUT2D eigenvalue weighted by molar-refractivity contribution is 5.94. The lowest BCUT2D eigenvalue weighted by Crippen LogP contribution is -2.34. The molecule has 0 aromatic heterocycles. The first-order valence-electron chi connectivity index (χ1n) is 6.58. The predicted octanol–water partition coefficient (Wildman–Crippen LogP) is 3.21. The van der Waals surface area contributed by atoms with E-state index in [2.05, 4.69) is 13.8 Å². The number of amides is 1. The maximum absolute atomic E-state index is 12.3. The van der Waals surface area contributed by atoms with E-state index < -0.39 is 0 Å². The molecule has 3 nitrogen and oxygen atoms in total. The van der Waals surface area contributed by atoms with Gasteiger partial charge in [0.05, 0.1) is 0 Å². The van der Waals surface area contributed by atoms with Crippen LogP contribution in [0.2, 0.25) is 0 Å². The Balaban J connectivity index is 2.86. The van der Waals surface area contributed by atoms with Gasteiger partial charge in [-0.05, 0) is 43.5 Å². The van der Waals surface area contributed by atoms with Crippen molar-refractivity contribution in [1.29, 1.82) is 0 Å². The van der Waals surface area contributed by atoms with Crippen LogP contribution in [0.15, 0.2) is 18.2 Å². The molecule has 0 radical (unpaired) electrons. The number of hydrogen-bond acceptors (Lipinski definition) is 2. The zero-order chi connectivity index (χ0) is 13.7. The Morgan fingerprint density at radius 1 is 1.39 bits per heavy atom. The third kappa shape index (κ3) is 3.49. The Labute approximate surface area is 109 Å². The van der Waals surface area contributed by atoms with E-state index in [9.17, 15) is 9.90 Å². The monoisotopic (exact) mass is 249 g/mol. The van der Waals surface area contributed by atoms with E-state index in [1.165, 1.54) is 0 Å². The van der Waals surface area contributed by atoms with Crippen molar-refractivity contribution in [1.82, 2.24) is 4.90 Å². The molecule has 0 aliphatic carbocycles. The van der Waals surface area contributed by atoms with Crippen LogP contribution in [-0.4, -0.2) is 29.0 Å². The van der Waals surface area contributed by atoms with Gasteiger partial charge in [0.2, 0.25) is 0 Å². The van der Waals surface area contributed by atoms with E-state index in [0.29, 0.717) is 18.0 Å². The third-order valence-corrected chi connectivity index (χ3v) is 3.34. The molecule has 100 valence electrons. The molecule has 1 amide bonds. The maximum Gasteiger partial charge on any atom is 0.253 e. The number of nitrogens with zero attached hydrogens (tertiary/aromatic N) is 1. The van der Waals surface area contributed by atoms with Crippen LogP contribution in [0.1, 0.15) is 43.1 Å². The van der Waals surface area contributed by atoms with Crippen LogP contribution in [0.25, 0.3) is 0 Å². The lowest BCUT2D eigenvalue weighted by molar-refractivity contribution is 0.0740. The normalized spacial score (nSPS) is 12.2. The first kappa shape index (κ1) is 14.6. The maximum atomic E-state index is 12.3. The van der Waals surface area contributed by atoms with Crippen molar-refractivity contribution < 1.29 is 9.90 Å². The SMILES string of the molecule is CCC(C)CN(CC)C(=O)c1ccc(O)c(C)c1. The highest BCUT2D eigenvalue weighted by atomic mass is 16.3. The Morgan fingerprint density at radius 3 is 2.56 bits per heavy atom. The molecule has 0 fully saturated rings. The molecule has 18 heavy (non-hydrogen) atoms. The Bertz CT molecular complexity index is 415. The number of carbonyl (C=O) groups excluding carboxylic acids is 1. The molecule has 3 heteroatoms. The van der Waals surface area contributed by atoms with Crippen molar-refractivity contribution >= 4 is 5.91 Å². The molecule has 0 saturated carbocycles. The van der Waals surface area contributed by atoms with Gasteiger partial charge in [-0.3, -0.25) is 4.79 Å². The summed E-state index contributed by atoms with van der Waals surface area (Å²) in [5.41, 5.74) is 1.39. The Morgan fingerprint density at radius 2 is 2.06 bits per heavy atom. The Kier molecular flexibility index (Phi) is 5.20. The zero-order valence-corrected chi connectivity index (χ0v) is 11.7. The number of rotatable bonds is 5. The van der Waals surface area contributed by atoms with Gasteiger partial charge in [0.1, 0.15) is 5.75 Å². The predicted molar refractivity (Wildman–Crippen MR) is 73.9 cm³/mol. The second-order valence-corrected chi connectivity index (χ2v) is 4.86. The van der Waals surface area contributed by atoms with Crippen LogP contribution in [-0.2, 0) is 0 Å². The van der Waals surface area contributed by atoms with Crippen molar-refractivity contribution in [3.05, 3.63) is 29.3 Å². The van der Waals surface area contributed by atoms with E-state index in [0.717, 1.165) is 18.5 Å². The molecule has 1 aromatic carbocycles. The molecule has 0 saturated heterocycles. The summed E-state index contributed by atoms with van der Waals surface area (Å²) in [6, 6.07) is 5.01. The molecule has 0 bridgehead atoms. The number of phenols is 1. The average molecular weight is 249 g/mol. The summed E-state index contributed by atoms with van der Waals surface area (Å²) in [4.78, 5) is 14.2. The van der Waals surface area contributed by atoms with E-state index in [-0.39, 0.29) is 11.7 Å². The molecule has 0 aliphatic rings. The smallest absolute Gasteiger partial charge is 0.253 e. The van der Waals surface area contributed by atoms with Crippen molar-refractivity contribution in [2.75, 3.05) is 13.1 Å². The van der Waals surface area contributed by atoms with Gasteiger partial charge in [-0.25, -0.2) is 0 Å². The van der Waals surface area contributed by atoms with Crippen LogP contribution in [0, 0.1) is 12.8 Å². The Hall–Kier alpha value is -1.51. The molecule has 1 aromatic rings. The minimum atomic E-state index is 0.0425. The van der Waals surface area contributed by atoms with Gasteiger partial charge in [-0.15, -0.1) is 0 Å². The first-order chi connectivity index (χ1) is 8.49. The molecular weight excluding hydrogens is 226 g/mol. The van der Waals surface area contributed by atoms with Crippen molar-refractivity contribution in [3.63, 3.8) is 0 Å². The van der Waals surface area contributed by atoms with Gasteiger partial charge in [-0.2, -0.15) is 0 Å². The highest BCUT2D eigenvalue weighted by Gasteiger charge is 2.16. The summed E-state index contributed by atoms with van der Waals surface area (Å²) in [5.74, 6) is 0.782. The lowest BCUT2D eigenvalue weighted by atomic mass is 10.1. The summed E-state index contributed by atoms with van der Waals surface area (Å²) in [6.07, 6.45) is 1.07. The highest BCUT2D eigenvalue weighted by Crippen LogP contribution is 2.18. The fourth-order valence-corrected chi connectivity index (χ4v) is 1.83. The minimum Gasteiger partial charge on any atom is -0.508 e. The number of phenolic OH excluding ortho intramolecular Hbond substituents is 1. The molecule has 1 rings (SSSR count). The summed E-state index contributed by atoms with van der Waals surface area (Å²) < 4.78 is 0. The van der Waals surface area contributed by atoms with Gasteiger partial charge < -0.3 is 10.0 Å². The molecule has 1 N–H and O–H groups in total. The minimum absolute atomic E-state index is 0.0425. The largest absolute Gasteiger partial charge is 0.508 e. The lowest BCUT2D eigenvalue weighted by Gasteiger charge is -2.24. The standard InChI is InChI=1S/C15H23NO2/c1-5-11(3)10-16(6-2)15(18)13-7-8-14(17)12(4)9-13/h7-9,11,17H,5-6,10H2,1-4H3. The van der Waals surface area contributed by atoms with E-state index >= 15 is 0 Å². The van der Waals surface area contributed by atoms with E-state index in [1.807, 2.05) is 11.8 Å². The van der Waals surface area contributed by atoms with Crippen LogP contribution < -0.4 is 0 Å². The van der Waals surface area contributed by atoms with Crippen molar-refractivity contribution in [2.24, 2.45) is 5.92 Å². The van der Waals surface area contributed by atoms with Crippen LogP contribution in [0.3, 0.4) is 0 Å². The van der Waals surface area contributed by atoms with E-state index in [4.69, 9.17) is 0 Å². The summed E-state index contributed by atoms with van der Waals surface area (Å²) >= 11 is 0. The molecule has 1 unspecified atom stereocenters. The second kappa shape index (κ2) is 6.43. The van der Waals surface area contributed by atoms with Crippen molar-refractivity contribution in [3.8, 4) is 5.75 Å². The topological polar surface area (TPSA) is 40.5 Å². The van der Waals surface area contributed by atoms with Crippen LogP contribution >= 0.6 is 0 Å². The summed E-state index contributed by atoms with van der Waals surface area (Å²) in [5, 5.41) is 9.48. The number of benzene rings is 1. The van der Waals surface area contributed by atoms with Gasteiger partial charge >= 0.3 is 0 Å². The molecular formula is C15H23NO2. The van der Waals surface area contributed by atoms with Crippen molar-refractivity contribution in [2.45, 2.75) is 34.1 Å². The first-order valence-corrected chi connectivity index (χ1v) is 6.58. The number of hydrogen-bond donors (Lipinski definition) is 1. The van der Waals surface area contributed by atoms with Crippen LogP contribution in [0.5, 0.6) is 5.75 Å². The molecule has 0 aliphatic heterocycles. The number of aryl methyl sites for hydroxylation is 1. The van der Waals surface area contributed by atoms with E-state index in [1.54, 1.807) is 25.1 Å². The summed E-state index contributed by atoms with van der Waals surface area (Å²) in [7, 11) is 0. The average Bonchev–Trinajstić information content (AvgIpc) is 2.38. The van der Waals surface area contributed by atoms with Gasteiger partial charge in [0.15, 0.2) is 0 Å². The number of aromatic hydroxyl groups is 1. The fourth-order valence-electron chi connectivity index (χ4n) is 1.83. The molecule has 0 spiro atoms.